The number of rotatable bonds is 7. The maximum Gasteiger partial charge on any atom is 0.314 e. The molecule has 0 fully saturated rings. The Balaban J connectivity index is 2.02. The van der Waals surface area contributed by atoms with Crippen molar-refractivity contribution in [2.75, 3.05) is 20.8 Å². The van der Waals surface area contributed by atoms with E-state index in [1.54, 1.807) is 7.05 Å². The first-order valence-corrected chi connectivity index (χ1v) is 8.14. The van der Waals surface area contributed by atoms with E-state index in [0.29, 0.717) is 12.3 Å². The van der Waals surface area contributed by atoms with Crippen molar-refractivity contribution in [1.82, 2.24) is 4.90 Å². The predicted octanol–water partition coefficient (Wildman–Crippen LogP) is 3.40. The molecule has 0 aliphatic rings. The van der Waals surface area contributed by atoms with Gasteiger partial charge in [-0.05, 0) is 23.8 Å². The van der Waals surface area contributed by atoms with Crippen molar-refractivity contribution < 1.29 is 19.2 Å². The molecule has 2 rings (SSSR count). The first kappa shape index (κ1) is 18.7. The number of nitro benzene ring substituents is 1. The van der Waals surface area contributed by atoms with Crippen LogP contribution in [0.2, 0.25) is 0 Å². The summed E-state index contributed by atoms with van der Waals surface area (Å²) in [6.45, 7) is 0.0996. The summed E-state index contributed by atoms with van der Waals surface area (Å²) in [4.78, 5) is 24.3. The number of hydrogen-bond donors (Lipinski definition) is 0. The third-order valence-electron chi connectivity index (χ3n) is 3.51. The molecule has 0 heterocycles. The zero-order valence-corrected chi connectivity index (χ0v) is 15.4. The highest BCUT2D eigenvalue weighted by Gasteiger charge is 2.19. The fourth-order valence-electron chi connectivity index (χ4n) is 2.11. The number of nitrogens with zero attached hydrogens (tertiary/aromatic N) is 2. The van der Waals surface area contributed by atoms with E-state index in [-0.39, 0.29) is 24.0 Å². The van der Waals surface area contributed by atoms with E-state index in [1.807, 2.05) is 24.3 Å². The van der Waals surface area contributed by atoms with Gasteiger partial charge in [0, 0.05) is 18.1 Å². The molecule has 0 N–H and O–H groups in total. The summed E-state index contributed by atoms with van der Waals surface area (Å²) in [6, 6.07) is 11.8. The lowest BCUT2D eigenvalue weighted by Crippen LogP contribution is -2.31. The minimum atomic E-state index is -0.576. The van der Waals surface area contributed by atoms with Crippen molar-refractivity contribution in [3.8, 4) is 11.5 Å². The van der Waals surface area contributed by atoms with Crippen molar-refractivity contribution >= 4 is 27.5 Å². The van der Waals surface area contributed by atoms with Crippen LogP contribution in [0.5, 0.6) is 11.5 Å². The van der Waals surface area contributed by atoms with Crippen LogP contribution in [0, 0.1) is 10.1 Å². The normalized spacial score (nSPS) is 10.2. The van der Waals surface area contributed by atoms with Gasteiger partial charge < -0.3 is 14.4 Å². The van der Waals surface area contributed by atoms with E-state index in [4.69, 9.17) is 9.47 Å². The Labute approximate surface area is 153 Å². The van der Waals surface area contributed by atoms with Crippen molar-refractivity contribution in [2.45, 2.75) is 6.54 Å². The topological polar surface area (TPSA) is 81.9 Å². The van der Waals surface area contributed by atoms with Crippen LogP contribution >= 0.6 is 15.9 Å². The molecule has 132 valence electrons. The first-order chi connectivity index (χ1) is 11.9. The van der Waals surface area contributed by atoms with Crippen LogP contribution in [-0.2, 0) is 11.3 Å². The molecular formula is C17H17BrN2O5. The van der Waals surface area contributed by atoms with Crippen molar-refractivity contribution in [2.24, 2.45) is 0 Å². The Hall–Kier alpha value is -2.61. The van der Waals surface area contributed by atoms with Crippen LogP contribution in [0.3, 0.4) is 0 Å². The summed E-state index contributed by atoms with van der Waals surface area (Å²) in [5, 5.41) is 11.1. The largest absolute Gasteiger partial charge is 0.496 e. The molecule has 0 saturated carbocycles. The maximum atomic E-state index is 12.2. The number of carbonyl (C=O) groups is 1. The van der Waals surface area contributed by atoms with Gasteiger partial charge >= 0.3 is 5.69 Å². The SMILES string of the molecule is COc1ccc(OCC(=O)N(C)Cc2ccccc2Br)c([N+](=O)[O-])c1. The zero-order valence-electron chi connectivity index (χ0n) is 13.8. The standard InChI is InChI=1S/C17H17BrN2O5/c1-19(10-12-5-3-4-6-14(12)18)17(21)11-25-16-8-7-13(24-2)9-15(16)20(22)23/h3-9H,10-11H2,1-2H3. The second kappa shape index (κ2) is 8.48. The number of benzene rings is 2. The van der Waals surface area contributed by atoms with E-state index in [0.717, 1.165) is 10.0 Å². The van der Waals surface area contributed by atoms with Crippen LogP contribution in [0.15, 0.2) is 46.9 Å². The molecule has 25 heavy (non-hydrogen) atoms. The molecule has 1 amide bonds. The number of ether oxygens (including phenoxy) is 2. The number of methoxy groups -OCH3 is 1. The Morgan fingerprint density at radius 2 is 2.00 bits per heavy atom. The monoisotopic (exact) mass is 408 g/mol. The van der Waals surface area contributed by atoms with Gasteiger partial charge in [0.15, 0.2) is 12.4 Å². The molecule has 0 bridgehead atoms. The molecule has 0 radical (unpaired) electrons. The molecular weight excluding hydrogens is 392 g/mol. The molecule has 7 nitrogen and oxygen atoms in total. The second-order valence-electron chi connectivity index (χ2n) is 5.22. The predicted molar refractivity (Wildman–Crippen MR) is 95.8 cm³/mol. The fourth-order valence-corrected chi connectivity index (χ4v) is 2.52. The summed E-state index contributed by atoms with van der Waals surface area (Å²) < 4.78 is 11.2. The van der Waals surface area contributed by atoms with Crippen molar-refractivity contribution in [1.29, 1.82) is 0 Å². The van der Waals surface area contributed by atoms with Gasteiger partial charge in [-0.25, -0.2) is 0 Å². The van der Waals surface area contributed by atoms with Gasteiger partial charge in [0.25, 0.3) is 5.91 Å². The first-order valence-electron chi connectivity index (χ1n) is 7.35. The third kappa shape index (κ3) is 4.93. The van der Waals surface area contributed by atoms with Crippen molar-refractivity contribution in [3.05, 3.63) is 62.6 Å². The molecule has 0 spiro atoms. The Kier molecular flexibility index (Phi) is 6.35. The molecule has 2 aromatic carbocycles. The molecule has 0 aromatic heterocycles. The number of halogens is 1. The quantitative estimate of drug-likeness (QED) is 0.517. The molecule has 0 atom stereocenters. The molecule has 8 heteroatoms. The molecule has 0 aliphatic heterocycles. The van der Waals surface area contributed by atoms with E-state index >= 15 is 0 Å². The summed E-state index contributed by atoms with van der Waals surface area (Å²) in [5.41, 5.74) is 0.703. The molecule has 0 saturated heterocycles. The third-order valence-corrected chi connectivity index (χ3v) is 4.28. The zero-order chi connectivity index (χ0) is 18.4. The van der Waals surface area contributed by atoms with E-state index in [1.165, 1.54) is 30.2 Å². The van der Waals surface area contributed by atoms with Gasteiger partial charge in [-0.1, -0.05) is 34.1 Å². The van der Waals surface area contributed by atoms with Gasteiger partial charge in [-0.15, -0.1) is 0 Å². The fraction of sp³-hybridized carbons (Fsp3) is 0.235. The lowest BCUT2D eigenvalue weighted by atomic mass is 10.2. The lowest BCUT2D eigenvalue weighted by molar-refractivity contribution is -0.385. The van der Waals surface area contributed by atoms with Gasteiger partial charge in [-0.3, -0.25) is 14.9 Å². The highest BCUT2D eigenvalue weighted by Crippen LogP contribution is 2.31. The molecule has 2 aromatic rings. The summed E-state index contributed by atoms with van der Waals surface area (Å²) in [5.74, 6) is 0.0748. The lowest BCUT2D eigenvalue weighted by Gasteiger charge is -2.18. The average molecular weight is 409 g/mol. The van der Waals surface area contributed by atoms with Gasteiger partial charge in [0.2, 0.25) is 0 Å². The summed E-state index contributed by atoms with van der Waals surface area (Å²) in [7, 11) is 3.06. The highest BCUT2D eigenvalue weighted by molar-refractivity contribution is 9.10. The summed E-state index contributed by atoms with van der Waals surface area (Å²) >= 11 is 3.43. The van der Waals surface area contributed by atoms with E-state index < -0.39 is 4.92 Å². The number of amides is 1. The van der Waals surface area contributed by atoms with Crippen LogP contribution in [0.25, 0.3) is 0 Å². The minimum Gasteiger partial charge on any atom is -0.496 e. The Morgan fingerprint density at radius 1 is 1.28 bits per heavy atom. The van der Waals surface area contributed by atoms with Crippen LogP contribution in [-0.4, -0.2) is 36.5 Å². The van der Waals surface area contributed by atoms with Gasteiger partial charge in [0.05, 0.1) is 18.1 Å². The minimum absolute atomic E-state index is 0.0217. The molecule has 0 aliphatic carbocycles. The van der Waals surface area contributed by atoms with Crippen LogP contribution in [0.4, 0.5) is 5.69 Å². The smallest absolute Gasteiger partial charge is 0.314 e. The Morgan fingerprint density at radius 3 is 2.64 bits per heavy atom. The highest BCUT2D eigenvalue weighted by atomic mass is 79.9. The number of nitro groups is 1. The van der Waals surface area contributed by atoms with E-state index in [2.05, 4.69) is 15.9 Å². The maximum absolute atomic E-state index is 12.2. The number of likely N-dealkylation sites (N-methyl/N-ethyl adjacent to an activating group) is 1. The van der Waals surface area contributed by atoms with Gasteiger partial charge in [0.1, 0.15) is 5.75 Å². The summed E-state index contributed by atoms with van der Waals surface area (Å²) in [6.07, 6.45) is 0. The average Bonchev–Trinajstić information content (AvgIpc) is 2.61. The number of carbonyl (C=O) groups excluding carboxylic acids is 1. The van der Waals surface area contributed by atoms with Crippen LogP contribution in [0.1, 0.15) is 5.56 Å². The van der Waals surface area contributed by atoms with Gasteiger partial charge in [-0.2, -0.15) is 0 Å². The second-order valence-corrected chi connectivity index (χ2v) is 6.07. The van der Waals surface area contributed by atoms with Crippen LogP contribution < -0.4 is 9.47 Å². The Bertz CT molecular complexity index is 781. The molecule has 0 unspecified atom stereocenters. The number of hydrogen-bond acceptors (Lipinski definition) is 5. The van der Waals surface area contributed by atoms with Crippen molar-refractivity contribution in [3.63, 3.8) is 0 Å². The van der Waals surface area contributed by atoms with E-state index in [9.17, 15) is 14.9 Å².